The lowest BCUT2D eigenvalue weighted by molar-refractivity contribution is 0.0488. The number of rotatable bonds is 7. The van der Waals surface area contributed by atoms with Gasteiger partial charge in [-0.15, -0.1) is 0 Å². The highest BCUT2D eigenvalue weighted by molar-refractivity contribution is 5.78. The van der Waals surface area contributed by atoms with Crippen LogP contribution in [0.4, 0.5) is 25.3 Å². The van der Waals surface area contributed by atoms with Crippen molar-refractivity contribution < 1.29 is 23.0 Å². The van der Waals surface area contributed by atoms with E-state index in [0.717, 1.165) is 25.7 Å². The molecule has 1 saturated heterocycles. The normalized spacial score (nSPS) is 23.3. The third-order valence-corrected chi connectivity index (χ3v) is 7.76. The van der Waals surface area contributed by atoms with Gasteiger partial charge in [-0.05, 0) is 78.4 Å². The Kier molecular flexibility index (Phi) is 8.81. The lowest BCUT2D eigenvalue weighted by Gasteiger charge is -2.39. The highest BCUT2D eigenvalue weighted by Gasteiger charge is 2.30. The number of fused-ring (bicyclic) bond motifs is 1. The summed E-state index contributed by atoms with van der Waals surface area (Å²) < 4.78 is 41.0. The Labute approximate surface area is 245 Å². The molecule has 2 atom stereocenters. The van der Waals surface area contributed by atoms with Crippen LogP contribution in [-0.4, -0.2) is 69.1 Å². The van der Waals surface area contributed by atoms with Crippen molar-refractivity contribution in [1.82, 2.24) is 24.8 Å². The van der Waals surface area contributed by atoms with Gasteiger partial charge in [0.15, 0.2) is 5.82 Å². The quantitative estimate of drug-likeness (QED) is 0.355. The number of morpholine rings is 1. The van der Waals surface area contributed by atoms with E-state index in [1.807, 2.05) is 20.8 Å². The minimum absolute atomic E-state index is 0.0474. The van der Waals surface area contributed by atoms with Crippen molar-refractivity contribution in [2.45, 2.75) is 90.5 Å². The Morgan fingerprint density at radius 1 is 1.05 bits per heavy atom. The standard InChI is InChI=1S/C30H41F2N7O3/c1-18-16-41-17-19(2)38(18)24-14-25(39-23-9-7-6-8-22(23)35-27(39)26(31)32)37-28(36-24)33-15-20-10-12-21(13-11-20)34-29(40)42-30(3,4)5/h6-9,14,18-21,26H,10-13,15-17H2,1-5H3,(H,34,40)(H,33,36,37)/t18-,19-,20-,21-/m0/s1. The predicted molar refractivity (Wildman–Crippen MR) is 157 cm³/mol. The molecule has 2 N–H and O–H groups in total. The molecule has 10 nitrogen and oxygen atoms in total. The summed E-state index contributed by atoms with van der Waals surface area (Å²) in [7, 11) is 0. The summed E-state index contributed by atoms with van der Waals surface area (Å²) in [6.45, 7) is 11.4. The molecule has 1 aliphatic heterocycles. The summed E-state index contributed by atoms with van der Waals surface area (Å²) in [6, 6.07) is 9.01. The highest BCUT2D eigenvalue weighted by Crippen LogP contribution is 2.31. The van der Waals surface area contributed by atoms with Crippen LogP contribution in [-0.2, 0) is 9.47 Å². The van der Waals surface area contributed by atoms with Crippen LogP contribution < -0.4 is 15.5 Å². The van der Waals surface area contributed by atoms with Crippen molar-refractivity contribution in [3.8, 4) is 5.82 Å². The van der Waals surface area contributed by atoms with Crippen molar-refractivity contribution in [3.63, 3.8) is 0 Å². The van der Waals surface area contributed by atoms with Crippen LogP contribution in [0.15, 0.2) is 30.3 Å². The first-order valence-electron chi connectivity index (χ1n) is 14.7. The van der Waals surface area contributed by atoms with Crippen LogP contribution in [0.25, 0.3) is 16.9 Å². The van der Waals surface area contributed by atoms with E-state index in [1.54, 1.807) is 30.3 Å². The van der Waals surface area contributed by atoms with Gasteiger partial charge in [-0.3, -0.25) is 4.57 Å². The molecule has 12 heteroatoms. The van der Waals surface area contributed by atoms with Crippen molar-refractivity contribution in [1.29, 1.82) is 0 Å². The van der Waals surface area contributed by atoms with Gasteiger partial charge in [-0.1, -0.05) is 12.1 Å². The minimum Gasteiger partial charge on any atom is -0.444 e. The number of aromatic nitrogens is 4. The van der Waals surface area contributed by atoms with E-state index in [2.05, 4.69) is 34.4 Å². The number of halogens is 2. The highest BCUT2D eigenvalue weighted by atomic mass is 19.3. The summed E-state index contributed by atoms with van der Waals surface area (Å²) >= 11 is 0. The maximum absolute atomic E-state index is 14.2. The topological polar surface area (TPSA) is 106 Å². The molecule has 5 rings (SSSR count). The molecule has 3 heterocycles. The first-order chi connectivity index (χ1) is 20.0. The van der Waals surface area contributed by atoms with Crippen molar-refractivity contribution in [2.24, 2.45) is 5.92 Å². The van der Waals surface area contributed by atoms with Gasteiger partial charge in [0, 0.05) is 18.7 Å². The van der Waals surface area contributed by atoms with E-state index in [1.165, 1.54) is 4.57 Å². The SMILES string of the molecule is C[C@H]1COC[C@H](C)N1c1cc(-n2c(C(F)F)nc3ccccc32)nc(NC[C@H]2CC[C@H](NC(=O)OC(C)(C)C)CC2)n1. The number of imidazole rings is 1. The molecule has 2 aliphatic rings. The van der Waals surface area contributed by atoms with Crippen LogP contribution in [0.1, 0.15) is 72.6 Å². The fourth-order valence-electron chi connectivity index (χ4n) is 5.86. The van der Waals surface area contributed by atoms with Crippen molar-refractivity contribution in [2.75, 3.05) is 30.0 Å². The number of alkyl carbamates (subject to hydrolysis) is 1. The predicted octanol–water partition coefficient (Wildman–Crippen LogP) is 5.86. The number of para-hydroxylation sites is 2. The van der Waals surface area contributed by atoms with Gasteiger partial charge < -0.3 is 25.0 Å². The Morgan fingerprint density at radius 3 is 2.38 bits per heavy atom. The van der Waals surface area contributed by atoms with Gasteiger partial charge in [0.1, 0.15) is 17.2 Å². The number of amides is 1. The first-order valence-corrected chi connectivity index (χ1v) is 14.7. The van der Waals surface area contributed by atoms with Crippen LogP contribution in [0, 0.1) is 5.92 Å². The lowest BCUT2D eigenvalue weighted by atomic mass is 9.86. The third-order valence-electron chi connectivity index (χ3n) is 7.76. The smallest absolute Gasteiger partial charge is 0.407 e. The molecule has 1 aromatic carbocycles. The Bertz CT molecular complexity index is 1370. The number of benzene rings is 1. The summed E-state index contributed by atoms with van der Waals surface area (Å²) in [5.74, 6) is 1.35. The zero-order chi connectivity index (χ0) is 30.0. The number of anilines is 2. The van der Waals surface area contributed by atoms with E-state index in [9.17, 15) is 13.6 Å². The molecule has 0 radical (unpaired) electrons. The molecule has 1 aliphatic carbocycles. The van der Waals surface area contributed by atoms with Crippen LogP contribution in [0.3, 0.4) is 0 Å². The monoisotopic (exact) mass is 585 g/mol. The number of hydrogen-bond donors (Lipinski definition) is 2. The first kappa shape index (κ1) is 29.9. The number of hydrogen-bond acceptors (Lipinski definition) is 8. The summed E-state index contributed by atoms with van der Waals surface area (Å²) in [4.78, 5) is 28.1. The summed E-state index contributed by atoms with van der Waals surface area (Å²) in [5.41, 5.74) is 0.503. The number of alkyl halides is 2. The van der Waals surface area contributed by atoms with Gasteiger partial charge in [0.05, 0.1) is 36.3 Å². The second-order valence-electron chi connectivity index (χ2n) is 12.4. The maximum Gasteiger partial charge on any atom is 0.407 e. The lowest BCUT2D eigenvalue weighted by Crippen LogP contribution is -2.50. The number of nitrogens with zero attached hydrogens (tertiary/aromatic N) is 5. The third kappa shape index (κ3) is 6.91. The second kappa shape index (κ2) is 12.4. The molecule has 3 aromatic rings. The molecule has 0 unspecified atom stereocenters. The van der Waals surface area contributed by atoms with E-state index in [4.69, 9.17) is 19.4 Å². The molecule has 1 amide bonds. The van der Waals surface area contributed by atoms with Gasteiger partial charge in [0.25, 0.3) is 6.43 Å². The number of ether oxygens (including phenoxy) is 2. The number of carbonyl (C=O) groups excluding carboxylic acids is 1. The zero-order valence-electron chi connectivity index (χ0n) is 24.9. The Balaban J connectivity index is 1.37. The van der Waals surface area contributed by atoms with E-state index < -0.39 is 12.0 Å². The van der Waals surface area contributed by atoms with E-state index >= 15 is 0 Å². The summed E-state index contributed by atoms with van der Waals surface area (Å²) in [6.07, 6.45) is 0.360. The average Bonchev–Trinajstić information content (AvgIpc) is 3.32. The molecular weight excluding hydrogens is 544 g/mol. The second-order valence-corrected chi connectivity index (χ2v) is 12.4. The molecule has 2 fully saturated rings. The van der Waals surface area contributed by atoms with Gasteiger partial charge in [-0.25, -0.2) is 18.6 Å². The van der Waals surface area contributed by atoms with Gasteiger partial charge in [0.2, 0.25) is 5.95 Å². The van der Waals surface area contributed by atoms with E-state index in [-0.39, 0.29) is 30.0 Å². The van der Waals surface area contributed by atoms with Crippen molar-refractivity contribution >= 4 is 28.9 Å². The average molecular weight is 586 g/mol. The van der Waals surface area contributed by atoms with Crippen LogP contribution in [0.2, 0.25) is 0 Å². The number of nitrogens with one attached hydrogen (secondary N) is 2. The Morgan fingerprint density at radius 2 is 1.71 bits per heavy atom. The molecule has 0 bridgehead atoms. The van der Waals surface area contributed by atoms with Crippen molar-refractivity contribution in [3.05, 3.63) is 36.2 Å². The Hall–Kier alpha value is -3.54. The maximum atomic E-state index is 14.2. The minimum atomic E-state index is -2.78. The molecule has 228 valence electrons. The fourth-order valence-corrected chi connectivity index (χ4v) is 5.86. The molecule has 0 spiro atoms. The molecular formula is C30H41F2N7O3. The number of carbonyl (C=O) groups is 1. The molecule has 1 saturated carbocycles. The molecule has 42 heavy (non-hydrogen) atoms. The van der Waals surface area contributed by atoms with Crippen LogP contribution >= 0.6 is 0 Å². The summed E-state index contributed by atoms with van der Waals surface area (Å²) in [5, 5.41) is 6.38. The molecule has 2 aromatic heterocycles. The largest absolute Gasteiger partial charge is 0.444 e. The van der Waals surface area contributed by atoms with Gasteiger partial charge in [-0.2, -0.15) is 9.97 Å². The zero-order valence-corrected chi connectivity index (χ0v) is 24.9. The van der Waals surface area contributed by atoms with Crippen LogP contribution in [0.5, 0.6) is 0 Å². The van der Waals surface area contributed by atoms with E-state index in [0.29, 0.717) is 54.3 Å². The fraction of sp³-hybridized carbons (Fsp3) is 0.600. The van der Waals surface area contributed by atoms with Gasteiger partial charge >= 0.3 is 6.09 Å².